The Morgan fingerprint density at radius 3 is 2.00 bits per heavy atom. The molecule has 0 aromatic heterocycles. The molecule has 0 radical (unpaired) electrons. The summed E-state index contributed by atoms with van der Waals surface area (Å²) in [6, 6.07) is 0. The van der Waals surface area contributed by atoms with E-state index in [4.69, 9.17) is 27.8 Å². The van der Waals surface area contributed by atoms with Crippen molar-refractivity contribution in [1.29, 1.82) is 0 Å². The molecule has 11 heavy (non-hydrogen) atoms. The van der Waals surface area contributed by atoms with Gasteiger partial charge >= 0.3 is 0 Å². The number of hydrogen-bond donors (Lipinski definition) is 1. The first kappa shape index (κ1) is 14.3. The van der Waals surface area contributed by atoms with E-state index in [0.29, 0.717) is 0 Å². The minimum absolute atomic E-state index is 0. The zero-order valence-electron chi connectivity index (χ0n) is 5.70. The van der Waals surface area contributed by atoms with E-state index < -0.39 is 20.7 Å². The topological polar surface area (TPSA) is 54.4 Å². The maximum Gasteiger partial charge on any atom is 0.282 e. The molecule has 0 amide bonds. The van der Waals surface area contributed by atoms with E-state index in [-0.39, 0.29) is 18.3 Å². The van der Waals surface area contributed by atoms with Crippen LogP contribution in [0.3, 0.4) is 0 Å². The Bertz CT molecular complexity index is 191. The highest BCUT2D eigenvalue weighted by molar-refractivity contribution is 7.87. The van der Waals surface area contributed by atoms with Crippen molar-refractivity contribution < 1.29 is 13.0 Å². The summed E-state index contributed by atoms with van der Waals surface area (Å²) in [4.78, 5) is 0. The highest BCUT2D eigenvalue weighted by Crippen LogP contribution is 2.16. The largest absolute Gasteiger partial charge is 0.284 e. The minimum atomic E-state index is -4.13. The number of hydrogen-bond acceptors (Lipinski definition) is 2. The molecule has 0 saturated carbocycles. The average molecular weight is 244 g/mol. The first-order valence-electron chi connectivity index (χ1n) is 2.56. The Kier molecular flexibility index (Phi) is 7.06. The van der Waals surface area contributed by atoms with Crippen LogP contribution in [0.1, 0.15) is 6.92 Å². The van der Waals surface area contributed by atoms with Gasteiger partial charge in [0, 0.05) is 11.8 Å². The first-order chi connectivity index (χ1) is 4.39. The standard InChI is InChI=1S/C4H8Cl2O3S.ClH/c1-3(2-5)4(6)10(7,8)9;/h3-4H,2H2,1H3,(H,7,8,9);1H. The predicted molar refractivity (Wildman–Crippen MR) is 48.3 cm³/mol. The van der Waals surface area contributed by atoms with Crippen LogP contribution in [0.2, 0.25) is 0 Å². The highest BCUT2D eigenvalue weighted by Gasteiger charge is 2.25. The van der Waals surface area contributed by atoms with Gasteiger partial charge in [0.05, 0.1) is 0 Å². The van der Waals surface area contributed by atoms with Gasteiger partial charge in [-0.1, -0.05) is 6.92 Å². The van der Waals surface area contributed by atoms with Crippen LogP contribution in [0.4, 0.5) is 0 Å². The maximum atomic E-state index is 10.3. The summed E-state index contributed by atoms with van der Waals surface area (Å²) in [5.74, 6) is -0.341. The first-order valence-corrected chi connectivity index (χ1v) is 5.03. The quantitative estimate of drug-likeness (QED) is 0.607. The maximum absolute atomic E-state index is 10.3. The second-order valence-electron chi connectivity index (χ2n) is 2.00. The third-order valence-electron chi connectivity index (χ3n) is 0.975. The Morgan fingerprint density at radius 1 is 1.55 bits per heavy atom. The summed E-state index contributed by atoms with van der Waals surface area (Å²) in [5.41, 5.74) is 0. The van der Waals surface area contributed by atoms with Gasteiger partial charge in [0.2, 0.25) is 0 Å². The fraction of sp³-hybridized carbons (Fsp3) is 1.00. The zero-order valence-corrected chi connectivity index (χ0v) is 8.84. The van der Waals surface area contributed by atoms with Gasteiger partial charge in [-0.2, -0.15) is 8.42 Å². The fourth-order valence-electron chi connectivity index (χ4n) is 0.364. The fourth-order valence-corrected chi connectivity index (χ4v) is 1.51. The molecule has 3 nitrogen and oxygen atoms in total. The zero-order chi connectivity index (χ0) is 8.36. The van der Waals surface area contributed by atoms with Crippen molar-refractivity contribution >= 4 is 45.7 Å². The van der Waals surface area contributed by atoms with Crippen molar-refractivity contribution in [2.45, 2.75) is 11.6 Å². The van der Waals surface area contributed by atoms with Crippen molar-refractivity contribution in [1.82, 2.24) is 0 Å². The Balaban J connectivity index is 0. The van der Waals surface area contributed by atoms with Crippen LogP contribution in [0, 0.1) is 5.92 Å². The van der Waals surface area contributed by atoms with E-state index in [2.05, 4.69) is 0 Å². The lowest BCUT2D eigenvalue weighted by molar-refractivity contribution is 0.467. The number of rotatable bonds is 3. The molecular formula is C4H9Cl3O3S. The molecule has 7 heteroatoms. The van der Waals surface area contributed by atoms with Crippen LogP contribution in [-0.4, -0.2) is 23.6 Å². The van der Waals surface area contributed by atoms with Gasteiger partial charge in [0.25, 0.3) is 10.1 Å². The van der Waals surface area contributed by atoms with Crippen LogP contribution in [0.25, 0.3) is 0 Å². The Labute approximate surface area is 82.2 Å². The molecule has 0 spiro atoms. The normalized spacial score (nSPS) is 16.7. The van der Waals surface area contributed by atoms with E-state index in [1.807, 2.05) is 0 Å². The second-order valence-corrected chi connectivity index (χ2v) is 4.57. The lowest BCUT2D eigenvalue weighted by Gasteiger charge is -2.10. The third kappa shape index (κ3) is 5.09. The van der Waals surface area contributed by atoms with Gasteiger partial charge < -0.3 is 0 Å². The summed E-state index contributed by atoms with van der Waals surface area (Å²) in [6.07, 6.45) is 0. The molecule has 0 aliphatic carbocycles. The minimum Gasteiger partial charge on any atom is -0.284 e. The van der Waals surface area contributed by atoms with E-state index in [1.165, 1.54) is 0 Å². The van der Waals surface area contributed by atoms with Crippen molar-refractivity contribution in [2.75, 3.05) is 5.88 Å². The SMILES string of the molecule is CC(CCl)C(Cl)S(=O)(=O)O.Cl. The van der Waals surface area contributed by atoms with Crippen LogP contribution >= 0.6 is 35.6 Å². The highest BCUT2D eigenvalue weighted by atomic mass is 35.5. The lowest BCUT2D eigenvalue weighted by atomic mass is 10.3. The van der Waals surface area contributed by atoms with Crippen LogP contribution < -0.4 is 0 Å². The van der Waals surface area contributed by atoms with Gasteiger partial charge in [-0.15, -0.1) is 35.6 Å². The molecule has 70 valence electrons. The summed E-state index contributed by atoms with van der Waals surface area (Å²) in [7, 11) is -4.13. The van der Waals surface area contributed by atoms with Gasteiger partial charge in [0.1, 0.15) is 0 Å². The molecule has 0 aromatic rings. The van der Waals surface area contributed by atoms with E-state index in [9.17, 15) is 8.42 Å². The number of alkyl halides is 2. The van der Waals surface area contributed by atoms with Crippen LogP contribution in [0.15, 0.2) is 0 Å². The molecule has 0 fully saturated rings. The van der Waals surface area contributed by atoms with Crippen molar-refractivity contribution in [2.24, 2.45) is 5.92 Å². The molecule has 2 atom stereocenters. The Morgan fingerprint density at radius 2 is 1.91 bits per heavy atom. The number of halogens is 3. The summed E-state index contributed by atoms with van der Waals surface area (Å²) in [6.45, 7) is 1.54. The van der Waals surface area contributed by atoms with Gasteiger partial charge in [-0.25, -0.2) is 0 Å². The predicted octanol–water partition coefficient (Wildman–Crippen LogP) is 1.74. The van der Waals surface area contributed by atoms with Crippen molar-refractivity contribution in [3.05, 3.63) is 0 Å². The van der Waals surface area contributed by atoms with Crippen molar-refractivity contribution in [3.63, 3.8) is 0 Å². The Hall–Kier alpha value is 0.780. The molecule has 0 aromatic carbocycles. The van der Waals surface area contributed by atoms with Crippen LogP contribution in [-0.2, 0) is 10.1 Å². The smallest absolute Gasteiger partial charge is 0.282 e. The van der Waals surface area contributed by atoms with Gasteiger partial charge in [-0.05, 0) is 0 Å². The van der Waals surface area contributed by atoms with E-state index >= 15 is 0 Å². The molecule has 0 aliphatic heterocycles. The molecule has 0 aliphatic rings. The molecule has 0 bridgehead atoms. The molecule has 0 heterocycles. The average Bonchev–Trinajstić information content (AvgIpc) is 1.83. The summed E-state index contributed by atoms with van der Waals surface area (Å²) < 4.78 is 27.7. The molecule has 0 rings (SSSR count). The third-order valence-corrected chi connectivity index (χ3v) is 3.60. The molecule has 0 saturated heterocycles. The molecule has 2 unspecified atom stereocenters. The lowest BCUT2D eigenvalue weighted by Crippen LogP contribution is -2.22. The van der Waals surface area contributed by atoms with Gasteiger partial charge in [-0.3, -0.25) is 4.55 Å². The molecule has 1 N–H and O–H groups in total. The van der Waals surface area contributed by atoms with Crippen molar-refractivity contribution in [3.8, 4) is 0 Å². The molecular weight excluding hydrogens is 234 g/mol. The van der Waals surface area contributed by atoms with E-state index in [1.54, 1.807) is 6.92 Å². The van der Waals surface area contributed by atoms with Gasteiger partial charge in [0.15, 0.2) is 4.71 Å². The summed E-state index contributed by atoms with van der Waals surface area (Å²) in [5, 5.41) is 0. The van der Waals surface area contributed by atoms with E-state index in [0.717, 1.165) is 0 Å². The second kappa shape index (κ2) is 5.43. The summed E-state index contributed by atoms with van der Waals surface area (Å²) >= 11 is 10.6. The monoisotopic (exact) mass is 242 g/mol. The van der Waals surface area contributed by atoms with Crippen LogP contribution in [0.5, 0.6) is 0 Å².